The highest BCUT2D eigenvalue weighted by Gasteiger charge is 2.15. The van der Waals surface area contributed by atoms with Crippen molar-refractivity contribution in [2.24, 2.45) is 0 Å². The Bertz CT molecular complexity index is 848. The number of nitrogens with one attached hydrogen (secondary N) is 1. The molecule has 0 saturated carbocycles. The second kappa shape index (κ2) is 4.43. The second-order valence-electron chi connectivity index (χ2n) is 3.93. The van der Waals surface area contributed by atoms with Crippen LogP contribution in [0.15, 0.2) is 34.0 Å². The van der Waals surface area contributed by atoms with Gasteiger partial charge in [0.15, 0.2) is 0 Å². The Morgan fingerprint density at radius 3 is 2.89 bits per heavy atom. The lowest BCUT2D eigenvalue weighted by Crippen LogP contribution is -2.33. The highest BCUT2D eigenvalue weighted by molar-refractivity contribution is 7.13. The minimum Gasteiger partial charge on any atom is -0.304 e. The highest BCUT2D eigenvalue weighted by atomic mass is 32.1. The van der Waals surface area contributed by atoms with E-state index in [1.54, 1.807) is 25.3 Å². The Balaban J connectivity index is 2.37. The van der Waals surface area contributed by atoms with Gasteiger partial charge in [-0.05, 0) is 30.6 Å². The summed E-state index contributed by atoms with van der Waals surface area (Å²) >= 11 is 1.08. The topological polar surface area (TPSA) is 80.6 Å². The van der Waals surface area contributed by atoms with E-state index in [1.165, 1.54) is 0 Å². The molecule has 3 rings (SSSR count). The van der Waals surface area contributed by atoms with E-state index in [-0.39, 0.29) is 5.56 Å². The summed E-state index contributed by atoms with van der Waals surface area (Å²) in [6.07, 6.45) is 1.64. The van der Waals surface area contributed by atoms with Crippen molar-refractivity contribution in [1.29, 1.82) is 0 Å². The van der Waals surface area contributed by atoms with Crippen LogP contribution in [0.1, 0.15) is 6.92 Å². The zero-order valence-corrected chi connectivity index (χ0v) is 10.9. The van der Waals surface area contributed by atoms with E-state index >= 15 is 0 Å². The third kappa shape index (κ3) is 1.78. The fourth-order valence-corrected chi connectivity index (χ4v) is 2.70. The van der Waals surface area contributed by atoms with Gasteiger partial charge in [-0.15, -0.1) is 0 Å². The lowest BCUT2D eigenvalue weighted by Gasteiger charge is -2.00. The smallest absolute Gasteiger partial charge is 0.304 e. The molecule has 0 aliphatic rings. The molecule has 96 valence electrons. The molecule has 0 bridgehead atoms. The summed E-state index contributed by atoms with van der Waals surface area (Å²) in [5.74, 6) is 0. The Labute approximate surface area is 111 Å². The van der Waals surface area contributed by atoms with E-state index in [1.807, 2.05) is 6.07 Å². The average molecular weight is 274 g/mol. The van der Waals surface area contributed by atoms with Crippen LogP contribution >= 0.6 is 11.5 Å². The van der Waals surface area contributed by atoms with E-state index in [0.29, 0.717) is 28.1 Å². The molecule has 3 aromatic heterocycles. The highest BCUT2D eigenvalue weighted by Crippen LogP contribution is 2.24. The zero-order chi connectivity index (χ0) is 13.4. The zero-order valence-electron chi connectivity index (χ0n) is 10.1. The van der Waals surface area contributed by atoms with Gasteiger partial charge in [0.2, 0.25) is 0 Å². The van der Waals surface area contributed by atoms with Gasteiger partial charge in [0.25, 0.3) is 5.56 Å². The van der Waals surface area contributed by atoms with E-state index < -0.39 is 5.69 Å². The number of rotatable bonds is 2. The molecule has 0 radical (unpaired) electrons. The van der Waals surface area contributed by atoms with Crippen LogP contribution in [-0.4, -0.2) is 18.9 Å². The number of aromatic nitrogens is 4. The number of hydrogen-bond acceptors (Lipinski definition) is 5. The summed E-state index contributed by atoms with van der Waals surface area (Å²) in [4.78, 5) is 30.8. The molecule has 0 aliphatic carbocycles. The average Bonchev–Trinajstić information content (AvgIpc) is 2.84. The Kier molecular flexibility index (Phi) is 2.75. The number of hydrogen-bond donors (Lipinski definition) is 1. The lowest BCUT2D eigenvalue weighted by molar-refractivity contribution is 0.685. The molecule has 0 amide bonds. The molecule has 0 spiro atoms. The molecular weight excluding hydrogens is 264 g/mol. The molecule has 0 aromatic carbocycles. The van der Waals surface area contributed by atoms with E-state index in [0.717, 1.165) is 16.1 Å². The molecule has 3 aromatic rings. The maximum Gasteiger partial charge on any atom is 0.328 e. The molecular formula is C12H10N4O2S. The Morgan fingerprint density at radius 1 is 1.37 bits per heavy atom. The van der Waals surface area contributed by atoms with Gasteiger partial charge in [-0.25, -0.2) is 4.79 Å². The number of nitrogens with zero attached hydrogens (tertiary/aromatic N) is 3. The molecule has 6 nitrogen and oxygen atoms in total. The van der Waals surface area contributed by atoms with E-state index in [2.05, 4.69) is 14.3 Å². The van der Waals surface area contributed by atoms with Crippen LogP contribution < -0.4 is 11.2 Å². The number of fused-ring (bicyclic) bond motifs is 1. The van der Waals surface area contributed by atoms with Gasteiger partial charge in [0.05, 0.1) is 11.2 Å². The molecule has 0 saturated heterocycles. The number of H-pyrrole nitrogens is 1. The van der Waals surface area contributed by atoms with Gasteiger partial charge in [0, 0.05) is 12.7 Å². The molecule has 7 heteroatoms. The van der Waals surface area contributed by atoms with Gasteiger partial charge in [-0.1, -0.05) is 6.07 Å². The van der Waals surface area contributed by atoms with Gasteiger partial charge >= 0.3 is 5.69 Å². The van der Waals surface area contributed by atoms with Crippen LogP contribution in [0.5, 0.6) is 0 Å². The van der Waals surface area contributed by atoms with Gasteiger partial charge < -0.3 is 4.98 Å². The fourth-order valence-electron chi connectivity index (χ4n) is 1.91. The molecule has 0 unspecified atom stereocenters. The van der Waals surface area contributed by atoms with Crippen molar-refractivity contribution in [2.45, 2.75) is 13.5 Å². The molecule has 1 N–H and O–H groups in total. The normalized spacial score (nSPS) is 11.0. The minimum absolute atomic E-state index is 0.305. The van der Waals surface area contributed by atoms with Gasteiger partial charge in [-0.2, -0.15) is 4.37 Å². The molecule has 0 fully saturated rings. The first-order valence-corrected chi connectivity index (χ1v) is 6.53. The Hall–Kier alpha value is -2.28. The fraction of sp³-hybridized carbons (Fsp3) is 0.167. The third-order valence-corrected chi connectivity index (χ3v) is 3.67. The largest absolute Gasteiger partial charge is 0.328 e. The maximum absolute atomic E-state index is 12.1. The van der Waals surface area contributed by atoms with Crippen LogP contribution in [0.4, 0.5) is 0 Å². The third-order valence-electron chi connectivity index (χ3n) is 2.83. The summed E-state index contributed by atoms with van der Waals surface area (Å²) in [5, 5.41) is 0. The van der Waals surface area contributed by atoms with Crippen molar-refractivity contribution in [2.75, 3.05) is 0 Å². The summed E-state index contributed by atoms with van der Waals surface area (Å²) in [5.41, 5.74) is 0.915. The minimum atomic E-state index is -0.419. The maximum atomic E-state index is 12.1. The van der Waals surface area contributed by atoms with Crippen LogP contribution in [0.3, 0.4) is 0 Å². The monoisotopic (exact) mass is 274 g/mol. The summed E-state index contributed by atoms with van der Waals surface area (Å²) in [7, 11) is 0. The molecule has 3 heterocycles. The van der Waals surface area contributed by atoms with Crippen LogP contribution in [0.2, 0.25) is 0 Å². The standard InChI is InChI=1S/C12H10N4O2S/c1-2-16-11(17)10-9(14-12(16)18)8(15-19-10)7-5-3-4-6-13-7/h3-6H,2H2,1H3,(H,14,18). The SMILES string of the molecule is CCn1c(=O)[nH]c2c(-c3ccccn3)nsc2c1=O. The summed E-state index contributed by atoms with van der Waals surface area (Å²) in [6, 6.07) is 5.42. The summed E-state index contributed by atoms with van der Waals surface area (Å²) in [6.45, 7) is 2.09. The van der Waals surface area contributed by atoms with Crippen molar-refractivity contribution in [3.05, 3.63) is 45.2 Å². The van der Waals surface area contributed by atoms with Crippen LogP contribution in [-0.2, 0) is 6.54 Å². The first-order valence-electron chi connectivity index (χ1n) is 5.76. The van der Waals surface area contributed by atoms with Crippen molar-refractivity contribution in [3.63, 3.8) is 0 Å². The van der Waals surface area contributed by atoms with Crippen LogP contribution in [0.25, 0.3) is 21.6 Å². The molecule has 0 aliphatic heterocycles. The Morgan fingerprint density at radius 2 is 2.21 bits per heavy atom. The van der Waals surface area contributed by atoms with Crippen molar-refractivity contribution in [1.82, 2.24) is 18.9 Å². The predicted octanol–water partition coefficient (Wildman–Crippen LogP) is 1.23. The summed E-state index contributed by atoms with van der Waals surface area (Å²) < 4.78 is 5.84. The first kappa shape index (κ1) is 11.8. The number of aromatic amines is 1. The van der Waals surface area contributed by atoms with Gasteiger partial charge in [-0.3, -0.25) is 14.3 Å². The van der Waals surface area contributed by atoms with Crippen LogP contribution in [0, 0.1) is 0 Å². The predicted molar refractivity (Wildman–Crippen MR) is 73.4 cm³/mol. The lowest BCUT2D eigenvalue weighted by atomic mass is 10.2. The molecule has 0 atom stereocenters. The van der Waals surface area contributed by atoms with E-state index in [9.17, 15) is 9.59 Å². The van der Waals surface area contributed by atoms with E-state index in [4.69, 9.17) is 0 Å². The first-order chi connectivity index (χ1) is 9.22. The molecule has 19 heavy (non-hydrogen) atoms. The van der Waals surface area contributed by atoms with Crippen molar-refractivity contribution < 1.29 is 0 Å². The van der Waals surface area contributed by atoms with Crippen molar-refractivity contribution >= 4 is 21.7 Å². The van der Waals surface area contributed by atoms with Gasteiger partial charge in [0.1, 0.15) is 10.4 Å². The quantitative estimate of drug-likeness (QED) is 0.762. The second-order valence-corrected chi connectivity index (χ2v) is 4.70. The number of pyridine rings is 1. The van der Waals surface area contributed by atoms with Crippen molar-refractivity contribution in [3.8, 4) is 11.4 Å².